The molecular formula is C15H24ClNO. The number of nitrogens with two attached hydrogens (primary N) is 1. The molecule has 3 N–H and O–H groups in total. The van der Waals surface area contributed by atoms with Crippen LogP contribution in [0, 0.1) is 5.92 Å². The molecule has 0 saturated heterocycles. The van der Waals surface area contributed by atoms with Crippen molar-refractivity contribution < 1.29 is 5.11 Å². The molecule has 3 heteroatoms. The molecule has 0 spiro atoms. The maximum atomic E-state index is 10.3. The van der Waals surface area contributed by atoms with E-state index in [0.29, 0.717) is 16.6 Å². The van der Waals surface area contributed by atoms with Crippen LogP contribution < -0.4 is 5.73 Å². The zero-order valence-corrected chi connectivity index (χ0v) is 12.1. The molecule has 18 heavy (non-hydrogen) atoms. The van der Waals surface area contributed by atoms with Crippen molar-refractivity contribution in [2.24, 2.45) is 5.92 Å². The molecule has 2 atom stereocenters. The topological polar surface area (TPSA) is 46.2 Å². The Labute approximate surface area is 115 Å². The van der Waals surface area contributed by atoms with Crippen LogP contribution >= 0.6 is 11.6 Å². The van der Waals surface area contributed by atoms with Crippen molar-refractivity contribution in [1.82, 2.24) is 0 Å². The van der Waals surface area contributed by atoms with E-state index in [9.17, 15) is 5.11 Å². The fraction of sp³-hybridized carbons (Fsp3) is 0.600. The van der Waals surface area contributed by atoms with Crippen molar-refractivity contribution in [3.63, 3.8) is 0 Å². The van der Waals surface area contributed by atoms with Crippen LogP contribution in [0.2, 0.25) is 5.02 Å². The van der Waals surface area contributed by atoms with Gasteiger partial charge in [0.2, 0.25) is 0 Å². The van der Waals surface area contributed by atoms with Gasteiger partial charge >= 0.3 is 0 Å². The predicted octanol–water partition coefficient (Wildman–Crippen LogP) is 4.56. The molecule has 1 aromatic rings. The minimum Gasteiger partial charge on any atom is -0.398 e. The van der Waals surface area contributed by atoms with Crippen molar-refractivity contribution in [2.75, 3.05) is 5.73 Å². The molecule has 0 heterocycles. The average molecular weight is 270 g/mol. The third kappa shape index (κ3) is 4.51. The molecule has 0 radical (unpaired) electrons. The van der Waals surface area contributed by atoms with Crippen LogP contribution in [0.1, 0.15) is 57.6 Å². The fourth-order valence-electron chi connectivity index (χ4n) is 2.27. The first kappa shape index (κ1) is 15.3. The summed E-state index contributed by atoms with van der Waals surface area (Å²) in [5.41, 5.74) is 7.28. The van der Waals surface area contributed by atoms with Crippen molar-refractivity contribution in [1.29, 1.82) is 0 Å². The van der Waals surface area contributed by atoms with Gasteiger partial charge in [0.05, 0.1) is 6.10 Å². The highest BCUT2D eigenvalue weighted by Gasteiger charge is 2.16. The van der Waals surface area contributed by atoms with Crippen LogP contribution in [0.25, 0.3) is 0 Å². The number of nitrogen functional groups attached to an aromatic ring is 1. The molecular weight excluding hydrogens is 246 g/mol. The first-order chi connectivity index (χ1) is 8.58. The van der Waals surface area contributed by atoms with E-state index < -0.39 is 6.10 Å². The molecule has 0 fully saturated rings. The highest BCUT2D eigenvalue weighted by Crippen LogP contribution is 2.30. The first-order valence-corrected chi connectivity index (χ1v) is 7.19. The monoisotopic (exact) mass is 269 g/mol. The zero-order chi connectivity index (χ0) is 13.5. The lowest BCUT2D eigenvalue weighted by molar-refractivity contribution is 0.140. The van der Waals surface area contributed by atoms with E-state index in [1.54, 1.807) is 12.1 Å². The van der Waals surface area contributed by atoms with Crippen LogP contribution in [0.3, 0.4) is 0 Å². The number of rotatable bonds is 7. The maximum Gasteiger partial charge on any atom is 0.0812 e. The molecule has 0 bridgehead atoms. The van der Waals surface area contributed by atoms with Gasteiger partial charge in [-0.1, -0.05) is 57.2 Å². The standard InChI is InChI=1S/C15H24ClNO/c1-3-5-6-11(4-2)9-15(18)13-8-7-12(16)10-14(13)17/h7-8,10-11,15,18H,3-6,9,17H2,1-2H3. The van der Waals surface area contributed by atoms with Crippen LogP contribution in [0.4, 0.5) is 5.69 Å². The van der Waals surface area contributed by atoms with E-state index in [1.807, 2.05) is 6.07 Å². The van der Waals surface area contributed by atoms with Gasteiger partial charge in [0.15, 0.2) is 0 Å². The third-order valence-corrected chi connectivity index (χ3v) is 3.74. The number of hydrogen-bond acceptors (Lipinski definition) is 2. The number of halogens is 1. The van der Waals surface area contributed by atoms with Gasteiger partial charge in [0.25, 0.3) is 0 Å². The van der Waals surface area contributed by atoms with Gasteiger partial charge in [0, 0.05) is 16.3 Å². The van der Waals surface area contributed by atoms with E-state index in [-0.39, 0.29) is 0 Å². The predicted molar refractivity (Wildman–Crippen MR) is 78.7 cm³/mol. The Kier molecular flexibility index (Phi) is 6.51. The number of anilines is 1. The summed E-state index contributed by atoms with van der Waals surface area (Å²) in [6.45, 7) is 4.37. The van der Waals surface area contributed by atoms with Crippen molar-refractivity contribution >= 4 is 17.3 Å². The fourth-order valence-corrected chi connectivity index (χ4v) is 2.45. The van der Waals surface area contributed by atoms with E-state index in [1.165, 1.54) is 19.3 Å². The van der Waals surface area contributed by atoms with Gasteiger partial charge in [-0.05, 0) is 24.5 Å². The van der Waals surface area contributed by atoms with Gasteiger partial charge in [-0.3, -0.25) is 0 Å². The quantitative estimate of drug-likeness (QED) is 0.713. The minimum atomic E-state index is -0.482. The average Bonchev–Trinajstić information content (AvgIpc) is 2.34. The van der Waals surface area contributed by atoms with Crippen LogP contribution in [-0.2, 0) is 0 Å². The largest absolute Gasteiger partial charge is 0.398 e. The summed E-state index contributed by atoms with van der Waals surface area (Å²) in [6.07, 6.45) is 5.01. The van der Waals surface area contributed by atoms with Gasteiger partial charge in [0.1, 0.15) is 0 Å². The van der Waals surface area contributed by atoms with Gasteiger partial charge in [-0.15, -0.1) is 0 Å². The van der Waals surface area contributed by atoms with Crippen LogP contribution in [0.15, 0.2) is 18.2 Å². The smallest absolute Gasteiger partial charge is 0.0812 e. The van der Waals surface area contributed by atoms with Crippen LogP contribution in [0.5, 0.6) is 0 Å². The molecule has 0 aromatic heterocycles. The summed E-state index contributed by atoms with van der Waals surface area (Å²) in [7, 11) is 0. The summed E-state index contributed by atoms with van der Waals surface area (Å²) < 4.78 is 0. The Morgan fingerprint density at radius 1 is 1.33 bits per heavy atom. The number of benzene rings is 1. The van der Waals surface area contributed by atoms with E-state index in [4.69, 9.17) is 17.3 Å². The highest BCUT2D eigenvalue weighted by molar-refractivity contribution is 6.30. The van der Waals surface area contributed by atoms with Gasteiger partial charge in [-0.2, -0.15) is 0 Å². The Balaban J connectivity index is 2.65. The highest BCUT2D eigenvalue weighted by atomic mass is 35.5. The normalized spacial score (nSPS) is 14.4. The Bertz CT molecular complexity index is 368. The molecule has 1 rings (SSSR count). The second-order valence-electron chi connectivity index (χ2n) is 4.94. The zero-order valence-electron chi connectivity index (χ0n) is 11.3. The number of unbranched alkanes of at least 4 members (excludes halogenated alkanes) is 1. The SMILES string of the molecule is CCCCC(CC)CC(O)c1ccc(Cl)cc1N. The maximum absolute atomic E-state index is 10.3. The molecule has 2 unspecified atom stereocenters. The molecule has 0 aliphatic rings. The van der Waals surface area contributed by atoms with E-state index in [2.05, 4.69) is 13.8 Å². The number of aliphatic hydroxyl groups is 1. The lowest BCUT2D eigenvalue weighted by atomic mass is 9.90. The summed E-state index contributed by atoms with van der Waals surface area (Å²) in [6, 6.07) is 5.31. The minimum absolute atomic E-state index is 0.482. The molecule has 0 saturated carbocycles. The Morgan fingerprint density at radius 2 is 2.06 bits per heavy atom. The summed E-state index contributed by atoms with van der Waals surface area (Å²) in [5, 5.41) is 10.9. The summed E-state index contributed by atoms with van der Waals surface area (Å²) in [5.74, 6) is 0.565. The second kappa shape index (κ2) is 7.65. The van der Waals surface area contributed by atoms with E-state index in [0.717, 1.165) is 18.4 Å². The Morgan fingerprint density at radius 3 is 2.61 bits per heavy atom. The molecule has 0 aliphatic carbocycles. The number of hydrogen-bond donors (Lipinski definition) is 2. The molecule has 2 nitrogen and oxygen atoms in total. The molecule has 1 aromatic carbocycles. The molecule has 0 amide bonds. The van der Waals surface area contributed by atoms with E-state index >= 15 is 0 Å². The third-order valence-electron chi connectivity index (χ3n) is 3.51. The molecule has 102 valence electrons. The lowest BCUT2D eigenvalue weighted by Gasteiger charge is -2.20. The number of aliphatic hydroxyl groups excluding tert-OH is 1. The van der Waals surface area contributed by atoms with Gasteiger partial charge < -0.3 is 10.8 Å². The first-order valence-electron chi connectivity index (χ1n) is 6.81. The molecule has 0 aliphatic heterocycles. The van der Waals surface area contributed by atoms with Crippen LogP contribution in [-0.4, -0.2) is 5.11 Å². The van der Waals surface area contributed by atoms with Crippen molar-refractivity contribution in [2.45, 2.75) is 52.1 Å². The second-order valence-corrected chi connectivity index (χ2v) is 5.38. The van der Waals surface area contributed by atoms with Crippen molar-refractivity contribution in [3.8, 4) is 0 Å². The summed E-state index contributed by atoms with van der Waals surface area (Å²) in [4.78, 5) is 0. The summed E-state index contributed by atoms with van der Waals surface area (Å²) >= 11 is 5.86. The lowest BCUT2D eigenvalue weighted by Crippen LogP contribution is -2.09. The van der Waals surface area contributed by atoms with Gasteiger partial charge in [-0.25, -0.2) is 0 Å². The Hall–Kier alpha value is -0.730. The van der Waals surface area contributed by atoms with Crippen molar-refractivity contribution in [3.05, 3.63) is 28.8 Å².